The van der Waals surface area contributed by atoms with Crippen molar-refractivity contribution in [2.75, 3.05) is 23.7 Å². The summed E-state index contributed by atoms with van der Waals surface area (Å²) in [6.07, 6.45) is 3.87. The van der Waals surface area contributed by atoms with Crippen LogP contribution in [0.15, 0.2) is 42.7 Å². The number of hydrazine groups is 2. The highest BCUT2D eigenvalue weighted by Crippen LogP contribution is 2.37. The molecular weight excluding hydrogens is 434 g/mol. The molecule has 5 heterocycles. The number of rotatable bonds is 2. The van der Waals surface area contributed by atoms with E-state index >= 15 is 0 Å². The highest BCUT2D eigenvalue weighted by Gasteiger charge is 2.57. The Hall–Kier alpha value is -3.99. The molecule has 2 saturated heterocycles. The van der Waals surface area contributed by atoms with E-state index in [0.29, 0.717) is 29.4 Å². The molecule has 4 N–H and O–H groups in total. The fraction of sp³-hybridized carbons (Fsp3) is 0.200. The fourth-order valence-corrected chi connectivity index (χ4v) is 4.60. The first-order chi connectivity index (χ1) is 15.4. The van der Waals surface area contributed by atoms with Gasteiger partial charge in [-0.1, -0.05) is 35.2 Å². The van der Waals surface area contributed by atoms with Crippen LogP contribution >= 0.6 is 11.6 Å². The lowest BCUT2D eigenvalue weighted by atomic mass is 10.00. The summed E-state index contributed by atoms with van der Waals surface area (Å²) in [5, 5.41) is 5.60. The van der Waals surface area contributed by atoms with E-state index in [1.54, 1.807) is 12.4 Å². The Kier molecular flexibility index (Phi) is 3.81. The SMILES string of the molecule is Nc1c(Cl)c(N2CCC3(C2)N[N+](=O)NC3=O)nc2c(-c3cnc4ccccc4c3)cnn12. The Balaban J connectivity index is 1.45. The van der Waals surface area contributed by atoms with Gasteiger partial charge in [0.2, 0.25) is 5.54 Å². The number of nitroso groups, excluding NO2 is 1. The van der Waals surface area contributed by atoms with Gasteiger partial charge in [0, 0.05) is 35.7 Å². The van der Waals surface area contributed by atoms with Gasteiger partial charge < -0.3 is 10.6 Å². The van der Waals surface area contributed by atoms with Crippen molar-refractivity contribution in [3.8, 4) is 11.1 Å². The van der Waals surface area contributed by atoms with Gasteiger partial charge in [0.1, 0.15) is 10.8 Å². The number of hydrogen-bond donors (Lipinski definition) is 3. The van der Waals surface area contributed by atoms with E-state index in [0.717, 1.165) is 22.0 Å². The van der Waals surface area contributed by atoms with Crippen molar-refractivity contribution in [3.63, 3.8) is 0 Å². The third-order valence-corrected chi connectivity index (χ3v) is 6.39. The van der Waals surface area contributed by atoms with Gasteiger partial charge >= 0.3 is 5.91 Å². The summed E-state index contributed by atoms with van der Waals surface area (Å²) in [4.78, 5) is 35.4. The molecule has 1 atom stereocenters. The molecular formula is C20H17ClN9O2+. The lowest BCUT2D eigenvalue weighted by molar-refractivity contribution is -0.639. The molecule has 1 spiro atoms. The van der Waals surface area contributed by atoms with Crippen molar-refractivity contribution in [2.24, 2.45) is 0 Å². The maximum absolute atomic E-state index is 12.3. The number of nitrogens with one attached hydrogen (secondary N) is 2. The summed E-state index contributed by atoms with van der Waals surface area (Å²) >= 11 is 6.55. The highest BCUT2D eigenvalue weighted by atomic mass is 35.5. The predicted molar refractivity (Wildman–Crippen MR) is 118 cm³/mol. The van der Waals surface area contributed by atoms with Crippen molar-refractivity contribution >= 4 is 45.7 Å². The zero-order valence-corrected chi connectivity index (χ0v) is 17.4. The average Bonchev–Trinajstić information content (AvgIpc) is 3.48. The summed E-state index contributed by atoms with van der Waals surface area (Å²) in [6, 6.07) is 9.85. The summed E-state index contributed by atoms with van der Waals surface area (Å²) < 4.78 is 1.49. The molecule has 6 rings (SSSR count). The van der Waals surface area contributed by atoms with E-state index in [-0.39, 0.29) is 23.3 Å². The normalized spacial score (nSPS) is 20.5. The van der Waals surface area contributed by atoms with Crippen LogP contribution in [-0.2, 0) is 4.79 Å². The molecule has 0 aliphatic carbocycles. The van der Waals surface area contributed by atoms with Gasteiger partial charge in [-0.3, -0.25) is 9.78 Å². The number of halogens is 1. The van der Waals surface area contributed by atoms with Crippen LogP contribution in [0.25, 0.3) is 27.7 Å². The zero-order chi connectivity index (χ0) is 22.0. The Labute approximate surface area is 185 Å². The van der Waals surface area contributed by atoms with Crippen molar-refractivity contribution in [2.45, 2.75) is 12.0 Å². The van der Waals surface area contributed by atoms with E-state index in [9.17, 15) is 9.70 Å². The quantitative estimate of drug-likeness (QED) is 0.391. The molecule has 0 radical (unpaired) electrons. The van der Waals surface area contributed by atoms with Crippen LogP contribution in [-0.4, -0.2) is 49.1 Å². The molecule has 2 fully saturated rings. The standard InChI is InChI=1S/C20H16ClN9O2/c21-15-16(22)29-17(13(9-24-29)12-7-11-3-1-2-4-14(11)23-8-12)25-18(15)28-6-5-20(10-28)19(31)26-30(32)27-20/h1-4,7-9H,5-6,10H2,(H3-,22,24,25,26,27,31,32)/p+1. The van der Waals surface area contributed by atoms with E-state index in [2.05, 4.69) is 20.9 Å². The molecule has 1 aromatic carbocycles. The van der Waals surface area contributed by atoms with Crippen LogP contribution in [0, 0.1) is 4.91 Å². The number of benzene rings is 1. The van der Waals surface area contributed by atoms with Gasteiger partial charge in [-0.15, -0.1) is 5.43 Å². The number of nitrogens with two attached hydrogens (primary N) is 1. The van der Waals surface area contributed by atoms with Crippen LogP contribution < -0.4 is 21.5 Å². The molecule has 4 aromatic rings. The first-order valence-corrected chi connectivity index (χ1v) is 10.3. The number of hydrogen-bond acceptors (Lipinski definition) is 7. The molecule has 2 aliphatic rings. The molecule has 0 bridgehead atoms. The molecule has 32 heavy (non-hydrogen) atoms. The first-order valence-electron chi connectivity index (χ1n) is 9.94. The smallest absolute Gasteiger partial charge is 0.315 e. The Morgan fingerprint density at radius 2 is 2.09 bits per heavy atom. The molecule has 2 aliphatic heterocycles. The number of amides is 1. The molecule has 1 amide bonds. The maximum Gasteiger partial charge on any atom is 0.315 e. The zero-order valence-electron chi connectivity index (χ0n) is 16.6. The number of para-hydroxylation sites is 1. The Bertz CT molecular complexity index is 1450. The number of aromatic nitrogens is 4. The van der Waals surface area contributed by atoms with Gasteiger partial charge in [0.15, 0.2) is 11.5 Å². The summed E-state index contributed by atoms with van der Waals surface area (Å²) in [6.45, 7) is 0.693. The van der Waals surface area contributed by atoms with Crippen LogP contribution in [0.5, 0.6) is 0 Å². The molecule has 3 aromatic heterocycles. The minimum absolute atomic E-state index is 0.223. The van der Waals surface area contributed by atoms with Crippen molar-refractivity contribution in [3.05, 3.63) is 52.7 Å². The van der Waals surface area contributed by atoms with Crippen molar-refractivity contribution in [1.82, 2.24) is 30.4 Å². The number of carbonyl (C=O) groups excluding carboxylic acids is 1. The number of carbonyl (C=O) groups is 1. The van der Waals surface area contributed by atoms with Crippen molar-refractivity contribution < 1.29 is 9.77 Å². The molecule has 160 valence electrons. The van der Waals surface area contributed by atoms with Gasteiger partial charge in [0.25, 0.3) is 4.98 Å². The summed E-state index contributed by atoms with van der Waals surface area (Å²) in [5.74, 6) is 0.289. The number of anilines is 2. The number of pyridine rings is 1. The van der Waals surface area contributed by atoms with Gasteiger partial charge in [0.05, 0.1) is 23.2 Å². The lowest BCUT2D eigenvalue weighted by Crippen LogP contribution is -2.49. The van der Waals surface area contributed by atoms with Crippen LogP contribution in [0.1, 0.15) is 6.42 Å². The average molecular weight is 451 g/mol. The third kappa shape index (κ3) is 2.61. The van der Waals surface area contributed by atoms with E-state index < -0.39 is 5.54 Å². The maximum atomic E-state index is 12.3. The minimum Gasteiger partial charge on any atom is -0.382 e. The van der Waals surface area contributed by atoms with E-state index in [4.69, 9.17) is 22.3 Å². The third-order valence-electron chi connectivity index (χ3n) is 6.03. The lowest BCUT2D eigenvalue weighted by Gasteiger charge is -2.21. The largest absolute Gasteiger partial charge is 0.382 e. The highest BCUT2D eigenvalue weighted by molar-refractivity contribution is 6.35. The second kappa shape index (κ2) is 6.50. The number of fused-ring (bicyclic) bond motifs is 2. The predicted octanol–water partition coefficient (Wildman–Crippen LogP) is 1.46. The van der Waals surface area contributed by atoms with E-state index in [1.165, 1.54) is 4.52 Å². The van der Waals surface area contributed by atoms with Crippen LogP contribution in [0.4, 0.5) is 11.6 Å². The van der Waals surface area contributed by atoms with Crippen LogP contribution in [0.3, 0.4) is 0 Å². The Morgan fingerprint density at radius 3 is 2.91 bits per heavy atom. The number of nitrogen functional groups attached to an aromatic ring is 1. The van der Waals surface area contributed by atoms with Gasteiger partial charge in [-0.25, -0.2) is 4.98 Å². The second-order valence-electron chi connectivity index (χ2n) is 7.95. The van der Waals surface area contributed by atoms with Crippen LogP contribution in [0.2, 0.25) is 5.02 Å². The summed E-state index contributed by atoms with van der Waals surface area (Å²) in [7, 11) is 0. The second-order valence-corrected chi connectivity index (χ2v) is 8.32. The first kappa shape index (κ1) is 18.8. The summed E-state index contributed by atoms with van der Waals surface area (Å²) in [5.41, 5.74) is 13.1. The monoisotopic (exact) mass is 450 g/mol. The molecule has 0 saturated carbocycles. The van der Waals surface area contributed by atoms with E-state index in [1.807, 2.05) is 35.2 Å². The molecule has 11 nitrogen and oxygen atoms in total. The molecule has 12 heteroatoms. The van der Waals surface area contributed by atoms with Gasteiger partial charge in [-0.05, 0) is 12.1 Å². The Morgan fingerprint density at radius 1 is 1.25 bits per heavy atom. The fourth-order valence-electron chi connectivity index (χ4n) is 4.35. The molecule has 1 unspecified atom stereocenters. The van der Waals surface area contributed by atoms with Gasteiger partial charge in [-0.2, -0.15) is 9.61 Å². The minimum atomic E-state index is -1.03. The topological polar surface area (TPSA) is 134 Å². The number of nitrogens with zero attached hydrogens (tertiary/aromatic N) is 6. The van der Waals surface area contributed by atoms with Crippen molar-refractivity contribution in [1.29, 1.82) is 0 Å².